The van der Waals surface area contributed by atoms with Gasteiger partial charge in [-0.1, -0.05) is 12.1 Å². The summed E-state index contributed by atoms with van der Waals surface area (Å²) < 4.78 is 34.6. The Hall–Kier alpha value is -3.16. The maximum Gasteiger partial charge on any atom is 0.274 e. The first-order valence-electron chi connectivity index (χ1n) is 10.7. The third-order valence-corrected chi connectivity index (χ3v) is 6.56. The van der Waals surface area contributed by atoms with Crippen LogP contribution < -0.4 is 11.1 Å². The lowest BCUT2D eigenvalue weighted by molar-refractivity contribution is -0.129. The number of alkyl halides is 2. The zero-order valence-corrected chi connectivity index (χ0v) is 17.1. The van der Waals surface area contributed by atoms with Crippen molar-refractivity contribution in [1.29, 1.82) is 5.26 Å². The van der Waals surface area contributed by atoms with Gasteiger partial charge in [0, 0.05) is 12.5 Å². The molecule has 3 aliphatic rings. The van der Waals surface area contributed by atoms with Crippen LogP contribution in [0.15, 0.2) is 24.4 Å². The summed E-state index contributed by atoms with van der Waals surface area (Å²) in [6.07, 6.45) is 0.509. The highest BCUT2D eigenvalue weighted by molar-refractivity contribution is 5.97. The fourth-order valence-corrected chi connectivity index (χ4v) is 4.73. The Kier molecular flexibility index (Phi) is 4.83. The van der Waals surface area contributed by atoms with Gasteiger partial charge in [0.25, 0.3) is 12.3 Å². The van der Waals surface area contributed by atoms with Gasteiger partial charge in [0.05, 0.1) is 30.0 Å². The van der Waals surface area contributed by atoms with Gasteiger partial charge in [-0.25, -0.2) is 18.7 Å². The molecular formula is C22H23F2N5O3. The maximum absolute atomic E-state index is 13.4. The molecule has 1 atom stereocenters. The van der Waals surface area contributed by atoms with E-state index in [0.717, 1.165) is 0 Å². The molecule has 1 heterocycles. The van der Waals surface area contributed by atoms with Crippen molar-refractivity contribution in [1.82, 2.24) is 15.3 Å². The van der Waals surface area contributed by atoms with Gasteiger partial charge in [-0.15, -0.1) is 0 Å². The third-order valence-electron chi connectivity index (χ3n) is 6.56. The van der Waals surface area contributed by atoms with E-state index in [0.29, 0.717) is 31.2 Å². The number of amides is 1. The fraction of sp³-hybridized carbons (Fsp3) is 0.455. The number of fused-ring (bicyclic) bond motifs is 1. The summed E-state index contributed by atoms with van der Waals surface area (Å²) in [5, 5.41) is 31.8. The van der Waals surface area contributed by atoms with Crippen molar-refractivity contribution < 1.29 is 25.2 Å². The number of aryl methyl sites for hydroxylation is 1. The van der Waals surface area contributed by atoms with Crippen molar-refractivity contribution in [2.45, 2.75) is 50.1 Å². The standard InChI is InChI=1S/C22H23F2N5O3/c1-12-2-3-13(22(32,11-30)19(23)24)6-14(12)15-7-27-17(26)16(28-15)18(31)29-21-5-4-20(8-21,9-21)10-25/h2-3,6-7,19,30,32H,4-5,8-9,11H2,1H3,(H2,26,27)(H,29,31)/i1D. The first kappa shape index (κ1) is 20.7. The summed E-state index contributed by atoms with van der Waals surface area (Å²) in [5.74, 6) is -0.683. The number of aromatic nitrogens is 2. The molecule has 3 saturated carbocycles. The number of aliphatic hydroxyl groups is 2. The summed E-state index contributed by atoms with van der Waals surface area (Å²) in [5.41, 5.74) is 2.53. The molecule has 3 aliphatic carbocycles. The van der Waals surface area contributed by atoms with Gasteiger partial charge in [-0.2, -0.15) is 5.26 Å². The van der Waals surface area contributed by atoms with Crippen LogP contribution >= 0.6 is 0 Å². The summed E-state index contributed by atoms with van der Waals surface area (Å²) in [6, 6.07) is 6.12. The quantitative estimate of drug-likeness (QED) is 0.533. The van der Waals surface area contributed by atoms with Gasteiger partial charge < -0.3 is 21.3 Å². The number of carbonyl (C=O) groups is 1. The molecule has 0 radical (unpaired) electrons. The van der Waals surface area contributed by atoms with E-state index < -0.39 is 30.1 Å². The second kappa shape index (κ2) is 7.46. The highest BCUT2D eigenvalue weighted by atomic mass is 19.3. The van der Waals surface area contributed by atoms with Crippen molar-refractivity contribution >= 4 is 11.7 Å². The SMILES string of the molecule is [2H]Cc1ccc(C(O)(CO)C(F)F)cc1-c1cnc(N)c(C(=O)NC23CCC(C#N)(C2)C3)n1. The van der Waals surface area contributed by atoms with Crippen LogP contribution in [0.25, 0.3) is 11.3 Å². The molecule has 10 heteroatoms. The number of nitriles is 1. The molecule has 2 bridgehead atoms. The van der Waals surface area contributed by atoms with Crippen LogP contribution in [0.5, 0.6) is 0 Å². The number of rotatable bonds is 6. The van der Waals surface area contributed by atoms with Gasteiger partial charge in [0.1, 0.15) is 0 Å². The van der Waals surface area contributed by atoms with E-state index >= 15 is 0 Å². The molecule has 0 spiro atoms. The van der Waals surface area contributed by atoms with Gasteiger partial charge in [0.2, 0.25) is 0 Å². The van der Waals surface area contributed by atoms with E-state index in [1.54, 1.807) is 0 Å². The normalized spacial score (nSPS) is 26.1. The molecule has 1 aromatic carbocycles. The number of aliphatic hydroxyl groups excluding tert-OH is 1. The minimum absolute atomic E-state index is 0.108. The molecule has 1 unspecified atom stereocenters. The van der Waals surface area contributed by atoms with E-state index in [4.69, 9.17) is 7.10 Å². The Morgan fingerprint density at radius 1 is 1.47 bits per heavy atom. The number of hydrogen-bond acceptors (Lipinski definition) is 7. The third kappa shape index (κ3) is 3.38. The van der Waals surface area contributed by atoms with Crippen molar-refractivity contribution in [3.63, 3.8) is 0 Å². The lowest BCUT2D eigenvalue weighted by Crippen LogP contribution is -2.55. The molecule has 32 heavy (non-hydrogen) atoms. The highest BCUT2D eigenvalue weighted by Gasteiger charge is 2.62. The summed E-state index contributed by atoms with van der Waals surface area (Å²) in [6.45, 7) is -1.44. The number of carbonyl (C=O) groups excluding carboxylic acids is 1. The predicted molar refractivity (Wildman–Crippen MR) is 110 cm³/mol. The van der Waals surface area contributed by atoms with E-state index in [-0.39, 0.29) is 40.6 Å². The van der Waals surface area contributed by atoms with E-state index in [9.17, 15) is 29.1 Å². The molecule has 8 nitrogen and oxygen atoms in total. The summed E-state index contributed by atoms with van der Waals surface area (Å²) in [7, 11) is 0. The molecule has 5 rings (SSSR count). The van der Waals surface area contributed by atoms with Crippen LogP contribution in [0.1, 0.15) is 48.7 Å². The largest absolute Gasteiger partial charge is 0.393 e. The molecular weight excluding hydrogens is 420 g/mol. The van der Waals surface area contributed by atoms with Gasteiger partial charge in [-0.05, 0) is 49.8 Å². The van der Waals surface area contributed by atoms with Gasteiger partial charge in [0.15, 0.2) is 17.1 Å². The van der Waals surface area contributed by atoms with Gasteiger partial charge >= 0.3 is 0 Å². The number of hydrogen-bond donors (Lipinski definition) is 4. The molecule has 3 fully saturated rings. The minimum Gasteiger partial charge on any atom is -0.393 e. The molecule has 0 saturated heterocycles. The first-order chi connectivity index (χ1) is 15.6. The second-order valence-electron chi connectivity index (χ2n) is 8.72. The average Bonchev–Trinajstić information content (AvgIpc) is 3.34. The number of halogens is 2. The molecule has 2 aromatic rings. The lowest BCUT2D eigenvalue weighted by atomic mass is 9.66. The second-order valence-corrected chi connectivity index (χ2v) is 8.72. The molecule has 5 N–H and O–H groups in total. The van der Waals surface area contributed by atoms with Crippen LogP contribution in [-0.4, -0.2) is 44.7 Å². The topological polar surface area (TPSA) is 145 Å². The van der Waals surface area contributed by atoms with E-state index in [1.165, 1.54) is 24.4 Å². The van der Waals surface area contributed by atoms with Gasteiger partial charge in [-0.3, -0.25) is 4.79 Å². The molecule has 1 amide bonds. The summed E-state index contributed by atoms with van der Waals surface area (Å²) >= 11 is 0. The Labute approximate surface area is 184 Å². The highest BCUT2D eigenvalue weighted by Crippen LogP contribution is 2.61. The smallest absolute Gasteiger partial charge is 0.274 e. The predicted octanol–water partition coefficient (Wildman–Crippen LogP) is 2.05. The fourth-order valence-electron chi connectivity index (χ4n) is 4.73. The Morgan fingerprint density at radius 3 is 2.81 bits per heavy atom. The molecule has 1 aromatic heterocycles. The zero-order chi connectivity index (χ0) is 24.0. The Balaban J connectivity index is 1.68. The van der Waals surface area contributed by atoms with E-state index in [1.807, 2.05) is 0 Å². The maximum atomic E-state index is 13.4. The monoisotopic (exact) mass is 444 g/mol. The Bertz CT molecular complexity index is 1150. The number of nitrogens with zero attached hydrogens (tertiary/aromatic N) is 3. The lowest BCUT2D eigenvalue weighted by Gasteiger charge is -2.43. The van der Waals surface area contributed by atoms with Crippen molar-refractivity contribution in [3.05, 3.63) is 41.2 Å². The minimum atomic E-state index is -3.26. The number of benzene rings is 1. The zero-order valence-electron chi connectivity index (χ0n) is 18.1. The number of nitrogen functional groups attached to an aromatic ring is 1. The van der Waals surface area contributed by atoms with Crippen LogP contribution in [0, 0.1) is 23.6 Å². The van der Waals surface area contributed by atoms with Crippen LogP contribution in [0.2, 0.25) is 0 Å². The summed E-state index contributed by atoms with van der Waals surface area (Å²) in [4.78, 5) is 21.3. The van der Waals surface area contributed by atoms with Crippen molar-refractivity contribution in [2.24, 2.45) is 5.41 Å². The first-order valence-corrected chi connectivity index (χ1v) is 10.0. The molecule has 0 aliphatic heterocycles. The van der Waals surface area contributed by atoms with Crippen LogP contribution in [0.3, 0.4) is 0 Å². The van der Waals surface area contributed by atoms with Crippen molar-refractivity contribution in [2.75, 3.05) is 12.3 Å². The number of nitrogens with one attached hydrogen (secondary N) is 1. The van der Waals surface area contributed by atoms with E-state index in [2.05, 4.69) is 21.4 Å². The average molecular weight is 444 g/mol. The molecule has 168 valence electrons. The van der Waals surface area contributed by atoms with Crippen LogP contribution in [0.4, 0.5) is 14.6 Å². The van der Waals surface area contributed by atoms with Crippen LogP contribution in [-0.2, 0) is 5.60 Å². The van der Waals surface area contributed by atoms with Crippen molar-refractivity contribution in [3.8, 4) is 17.3 Å². The Morgan fingerprint density at radius 2 is 2.22 bits per heavy atom. The number of anilines is 1. The number of nitrogens with two attached hydrogens (primary N) is 1.